The molecule has 1 aliphatic carbocycles. The number of nitrogens with one attached hydrogen (secondary N) is 1. The number of likely N-dealkylation sites (N-methyl/N-ethyl adjacent to an activating group) is 1. The largest absolute Gasteiger partial charge is 0.480 e. The highest BCUT2D eigenvalue weighted by atomic mass is 16.4. The van der Waals surface area contributed by atoms with Gasteiger partial charge in [0.2, 0.25) is 0 Å². The molecule has 0 aromatic rings. The number of aliphatic carboxylic acids is 1. The molecule has 0 aromatic heterocycles. The van der Waals surface area contributed by atoms with Gasteiger partial charge in [0.05, 0.1) is 0 Å². The van der Waals surface area contributed by atoms with E-state index in [0.717, 1.165) is 45.4 Å². The lowest BCUT2D eigenvalue weighted by atomic mass is 9.70. The lowest BCUT2D eigenvalue weighted by molar-refractivity contribution is -0.149. The molecule has 0 heterocycles. The Morgan fingerprint density at radius 3 is 2.47 bits per heavy atom. The zero-order valence-corrected chi connectivity index (χ0v) is 12.9. The van der Waals surface area contributed by atoms with Crippen molar-refractivity contribution in [1.29, 1.82) is 0 Å². The highest BCUT2D eigenvalue weighted by Gasteiger charge is 2.46. The molecule has 0 aliphatic heterocycles. The summed E-state index contributed by atoms with van der Waals surface area (Å²) in [7, 11) is 0. The quantitative estimate of drug-likeness (QED) is 0.744. The first kappa shape index (κ1) is 16.4. The van der Waals surface area contributed by atoms with Crippen molar-refractivity contribution >= 4 is 5.97 Å². The van der Waals surface area contributed by atoms with Crippen LogP contribution in [0.15, 0.2) is 0 Å². The van der Waals surface area contributed by atoms with Crippen molar-refractivity contribution in [2.24, 2.45) is 11.8 Å². The summed E-state index contributed by atoms with van der Waals surface area (Å²) < 4.78 is 0. The lowest BCUT2D eigenvalue weighted by Gasteiger charge is -2.42. The van der Waals surface area contributed by atoms with Crippen molar-refractivity contribution in [2.75, 3.05) is 26.2 Å². The first-order chi connectivity index (χ1) is 8.96. The lowest BCUT2D eigenvalue weighted by Crippen LogP contribution is -2.60. The maximum Gasteiger partial charge on any atom is 0.324 e. The van der Waals surface area contributed by atoms with E-state index in [-0.39, 0.29) is 5.92 Å². The monoisotopic (exact) mass is 270 g/mol. The molecule has 2 N–H and O–H groups in total. The van der Waals surface area contributed by atoms with Crippen LogP contribution < -0.4 is 5.32 Å². The molecule has 0 bridgehead atoms. The summed E-state index contributed by atoms with van der Waals surface area (Å²) in [5.74, 6) is 0.170. The molecule has 0 saturated heterocycles. The molecular weight excluding hydrogens is 240 g/mol. The Bertz CT molecular complexity index is 292. The van der Waals surface area contributed by atoms with Gasteiger partial charge in [-0.1, -0.05) is 27.7 Å². The normalized spacial score (nSPS) is 31.6. The molecule has 0 radical (unpaired) electrons. The van der Waals surface area contributed by atoms with Gasteiger partial charge in [0.15, 0.2) is 0 Å². The molecule has 1 rings (SSSR count). The van der Waals surface area contributed by atoms with E-state index in [1.807, 2.05) is 0 Å². The van der Waals surface area contributed by atoms with E-state index < -0.39 is 11.5 Å². The zero-order valence-electron chi connectivity index (χ0n) is 12.9. The average Bonchev–Trinajstić information content (AvgIpc) is 2.37. The number of carboxylic acid groups (broad SMARTS) is 1. The fraction of sp³-hybridized carbons (Fsp3) is 0.933. The van der Waals surface area contributed by atoms with Gasteiger partial charge in [-0.05, 0) is 44.2 Å². The standard InChI is InChI=1S/C15H30N2O2/c1-5-17(6-2)10-9-16-15(14(18)19)8-7-12(3)11-13(15)4/h12-13,16H,5-11H2,1-4H3,(H,18,19). The number of carbonyl (C=O) groups is 1. The third kappa shape index (κ3) is 3.93. The fourth-order valence-corrected chi connectivity index (χ4v) is 3.28. The highest BCUT2D eigenvalue weighted by molar-refractivity contribution is 5.79. The minimum atomic E-state index is -0.709. The van der Waals surface area contributed by atoms with Crippen LogP contribution in [-0.4, -0.2) is 47.7 Å². The fourth-order valence-electron chi connectivity index (χ4n) is 3.28. The molecule has 4 heteroatoms. The molecule has 19 heavy (non-hydrogen) atoms. The summed E-state index contributed by atoms with van der Waals surface area (Å²) in [6, 6.07) is 0. The number of hydrogen-bond donors (Lipinski definition) is 2. The number of rotatable bonds is 7. The van der Waals surface area contributed by atoms with Crippen LogP contribution in [0.25, 0.3) is 0 Å². The van der Waals surface area contributed by atoms with Gasteiger partial charge in [0, 0.05) is 13.1 Å². The van der Waals surface area contributed by atoms with Gasteiger partial charge in [-0.3, -0.25) is 4.79 Å². The van der Waals surface area contributed by atoms with Crippen LogP contribution in [0, 0.1) is 11.8 Å². The Morgan fingerprint density at radius 2 is 2.00 bits per heavy atom. The van der Waals surface area contributed by atoms with Crippen molar-refractivity contribution in [3.63, 3.8) is 0 Å². The first-order valence-electron chi connectivity index (χ1n) is 7.67. The zero-order chi connectivity index (χ0) is 14.5. The van der Waals surface area contributed by atoms with E-state index >= 15 is 0 Å². The van der Waals surface area contributed by atoms with Gasteiger partial charge in [-0.25, -0.2) is 0 Å². The molecular formula is C15H30N2O2. The minimum Gasteiger partial charge on any atom is -0.480 e. The summed E-state index contributed by atoms with van der Waals surface area (Å²) in [5, 5.41) is 13.0. The van der Waals surface area contributed by atoms with Crippen molar-refractivity contribution in [2.45, 2.75) is 52.5 Å². The van der Waals surface area contributed by atoms with Gasteiger partial charge in [-0.15, -0.1) is 0 Å². The van der Waals surface area contributed by atoms with Crippen LogP contribution in [0.1, 0.15) is 47.0 Å². The molecule has 3 atom stereocenters. The summed E-state index contributed by atoms with van der Waals surface area (Å²) in [5.41, 5.74) is -0.709. The minimum absolute atomic E-state index is 0.199. The Balaban J connectivity index is 2.60. The molecule has 1 aliphatic rings. The summed E-state index contributed by atoms with van der Waals surface area (Å²) in [6.07, 6.45) is 2.77. The van der Waals surface area contributed by atoms with Gasteiger partial charge >= 0.3 is 5.97 Å². The van der Waals surface area contributed by atoms with E-state index in [1.54, 1.807) is 0 Å². The number of carboxylic acids is 1. The molecule has 0 aromatic carbocycles. The Kier molecular flexibility index (Phi) is 6.27. The van der Waals surface area contributed by atoms with Crippen LogP contribution in [0.3, 0.4) is 0 Å². The number of hydrogen-bond acceptors (Lipinski definition) is 3. The summed E-state index contributed by atoms with van der Waals surface area (Å²) in [6.45, 7) is 12.3. The SMILES string of the molecule is CCN(CC)CCNC1(C(=O)O)CCC(C)CC1C. The maximum atomic E-state index is 11.7. The van der Waals surface area contributed by atoms with Gasteiger partial charge in [-0.2, -0.15) is 0 Å². The Morgan fingerprint density at radius 1 is 1.37 bits per heavy atom. The van der Waals surface area contributed by atoms with Crippen LogP contribution in [0.2, 0.25) is 0 Å². The molecule has 0 amide bonds. The van der Waals surface area contributed by atoms with Gasteiger partial charge in [0.25, 0.3) is 0 Å². The molecule has 1 fully saturated rings. The van der Waals surface area contributed by atoms with Crippen LogP contribution in [0.5, 0.6) is 0 Å². The predicted octanol–water partition coefficient (Wildman–Crippen LogP) is 2.20. The third-order valence-electron chi connectivity index (χ3n) is 4.77. The Labute approximate surface area is 117 Å². The van der Waals surface area contributed by atoms with Gasteiger partial charge in [0.1, 0.15) is 5.54 Å². The maximum absolute atomic E-state index is 11.7. The van der Waals surface area contributed by atoms with E-state index in [2.05, 4.69) is 37.9 Å². The highest BCUT2D eigenvalue weighted by Crippen LogP contribution is 2.36. The van der Waals surface area contributed by atoms with Crippen molar-refractivity contribution in [3.05, 3.63) is 0 Å². The van der Waals surface area contributed by atoms with E-state index in [0.29, 0.717) is 5.92 Å². The third-order valence-corrected chi connectivity index (χ3v) is 4.77. The van der Waals surface area contributed by atoms with E-state index in [9.17, 15) is 9.90 Å². The Hall–Kier alpha value is -0.610. The molecule has 0 spiro atoms. The summed E-state index contributed by atoms with van der Waals surface area (Å²) >= 11 is 0. The first-order valence-corrected chi connectivity index (χ1v) is 7.67. The molecule has 3 unspecified atom stereocenters. The summed E-state index contributed by atoms with van der Waals surface area (Å²) in [4.78, 5) is 14.1. The molecule has 1 saturated carbocycles. The second-order valence-electron chi connectivity index (χ2n) is 6.01. The van der Waals surface area contributed by atoms with Crippen LogP contribution >= 0.6 is 0 Å². The smallest absolute Gasteiger partial charge is 0.324 e. The average molecular weight is 270 g/mol. The predicted molar refractivity (Wildman–Crippen MR) is 78.3 cm³/mol. The second-order valence-corrected chi connectivity index (χ2v) is 6.01. The van der Waals surface area contributed by atoms with Crippen LogP contribution in [0.4, 0.5) is 0 Å². The van der Waals surface area contributed by atoms with Crippen LogP contribution in [-0.2, 0) is 4.79 Å². The number of nitrogens with zero attached hydrogens (tertiary/aromatic N) is 1. The molecule has 4 nitrogen and oxygen atoms in total. The van der Waals surface area contributed by atoms with Crippen molar-refractivity contribution in [3.8, 4) is 0 Å². The van der Waals surface area contributed by atoms with Crippen molar-refractivity contribution < 1.29 is 9.90 Å². The molecule has 112 valence electrons. The van der Waals surface area contributed by atoms with E-state index in [4.69, 9.17) is 0 Å². The van der Waals surface area contributed by atoms with Crippen molar-refractivity contribution in [1.82, 2.24) is 10.2 Å². The topological polar surface area (TPSA) is 52.6 Å². The van der Waals surface area contributed by atoms with Gasteiger partial charge < -0.3 is 15.3 Å². The van der Waals surface area contributed by atoms with E-state index in [1.165, 1.54) is 0 Å². The second kappa shape index (κ2) is 7.25.